The van der Waals surface area contributed by atoms with Crippen LogP contribution in [0.3, 0.4) is 0 Å². The lowest BCUT2D eigenvalue weighted by molar-refractivity contribution is 0.101. The molecular weight excluding hydrogens is 289 g/mol. The van der Waals surface area contributed by atoms with E-state index >= 15 is 0 Å². The summed E-state index contributed by atoms with van der Waals surface area (Å²) >= 11 is 0. The van der Waals surface area contributed by atoms with Crippen molar-refractivity contribution < 1.29 is 14.5 Å². The number of hydrogen-bond acceptors (Lipinski definition) is 4. The molecule has 0 saturated heterocycles. The minimum absolute atomic E-state index is 0.0305. The van der Waals surface area contributed by atoms with Gasteiger partial charge in [0.2, 0.25) is 0 Å². The first kappa shape index (κ1) is 15.8. The van der Waals surface area contributed by atoms with Gasteiger partial charge in [-0.15, -0.1) is 0 Å². The predicted octanol–water partition coefficient (Wildman–Crippen LogP) is 2.40. The van der Waals surface area contributed by atoms with Gasteiger partial charge in [-0.3, -0.25) is 4.79 Å². The summed E-state index contributed by atoms with van der Waals surface area (Å²) in [5.41, 5.74) is 3.29. The molecule has 1 atom stereocenters. The number of carbonyl (C=O) groups excluding carboxylic acids is 1. The van der Waals surface area contributed by atoms with E-state index in [-0.39, 0.29) is 18.4 Å². The van der Waals surface area contributed by atoms with E-state index in [0.29, 0.717) is 11.5 Å². The molecule has 0 radical (unpaired) electrons. The van der Waals surface area contributed by atoms with Crippen molar-refractivity contribution in [2.75, 3.05) is 11.9 Å². The summed E-state index contributed by atoms with van der Waals surface area (Å²) in [5.74, 6) is 0.326. The quantitative estimate of drug-likeness (QED) is 0.658. The standard InChI is InChI=1S/C18H20BNO3/c1-12(2)18-15-9-8-14(10-16(15)19(22)23-18)20-11-17(21)13-6-4-3-5-7-13/h3-10,12,18,20,22H,11H2,1-2H3. The van der Waals surface area contributed by atoms with Crippen molar-refractivity contribution in [2.24, 2.45) is 5.92 Å². The fraction of sp³-hybridized carbons (Fsp3) is 0.278. The van der Waals surface area contributed by atoms with E-state index in [4.69, 9.17) is 4.65 Å². The van der Waals surface area contributed by atoms with E-state index in [1.807, 2.05) is 36.4 Å². The molecular formula is C18H20BNO3. The van der Waals surface area contributed by atoms with Crippen molar-refractivity contribution in [1.82, 2.24) is 0 Å². The van der Waals surface area contributed by atoms with Gasteiger partial charge in [0.15, 0.2) is 5.78 Å². The highest BCUT2D eigenvalue weighted by atomic mass is 16.5. The van der Waals surface area contributed by atoms with Crippen molar-refractivity contribution in [2.45, 2.75) is 20.0 Å². The van der Waals surface area contributed by atoms with Gasteiger partial charge in [0, 0.05) is 11.3 Å². The van der Waals surface area contributed by atoms with Crippen molar-refractivity contribution in [3.8, 4) is 0 Å². The Morgan fingerprint density at radius 3 is 2.70 bits per heavy atom. The Morgan fingerprint density at radius 1 is 1.26 bits per heavy atom. The number of hydrogen-bond donors (Lipinski definition) is 2. The van der Waals surface area contributed by atoms with Crippen LogP contribution in [0.15, 0.2) is 48.5 Å². The zero-order valence-corrected chi connectivity index (χ0v) is 13.3. The molecule has 2 aromatic carbocycles. The van der Waals surface area contributed by atoms with Crippen LogP contribution in [0.5, 0.6) is 0 Å². The molecule has 0 amide bonds. The molecule has 1 aliphatic heterocycles. The summed E-state index contributed by atoms with van der Waals surface area (Å²) in [6.45, 7) is 4.35. The average Bonchev–Trinajstić information content (AvgIpc) is 2.90. The van der Waals surface area contributed by atoms with Crippen LogP contribution in [-0.2, 0) is 4.65 Å². The summed E-state index contributed by atoms with van der Waals surface area (Å²) in [6, 6.07) is 14.9. The highest BCUT2D eigenvalue weighted by Crippen LogP contribution is 2.31. The van der Waals surface area contributed by atoms with Gasteiger partial charge >= 0.3 is 7.12 Å². The maximum atomic E-state index is 12.1. The Bertz CT molecular complexity index is 703. The van der Waals surface area contributed by atoms with Gasteiger partial charge < -0.3 is 15.0 Å². The van der Waals surface area contributed by atoms with E-state index in [2.05, 4.69) is 19.2 Å². The molecule has 0 aliphatic carbocycles. The molecule has 118 valence electrons. The molecule has 3 rings (SSSR count). The lowest BCUT2D eigenvalue weighted by atomic mass is 9.78. The van der Waals surface area contributed by atoms with Crippen LogP contribution >= 0.6 is 0 Å². The van der Waals surface area contributed by atoms with Gasteiger partial charge in [0.05, 0.1) is 12.6 Å². The first-order valence-corrected chi connectivity index (χ1v) is 7.85. The Morgan fingerprint density at radius 2 is 2.00 bits per heavy atom. The molecule has 2 N–H and O–H groups in total. The van der Waals surface area contributed by atoms with E-state index in [9.17, 15) is 9.82 Å². The number of fused-ring (bicyclic) bond motifs is 1. The van der Waals surface area contributed by atoms with E-state index in [1.54, 1.807) is 12.1 Å². The number of nitrogens with one attached hydrogen (secondary N) is 1. The number of anilines is 1. The SMILES string of the molecule is CC(C)C1OB(O)c2cc(NCC(=O)c3ccccc3)ccc21. The second-order valence-corrected chi connectivity index (χ2v) is 6.14. The van der Waals surface area contributed by atoms with Crippen LogP contribution in [0.25, 0.3) is 0 Å². The molecule has 0 bridgehead atoms. The molecule has 2 aromatic rings. The molecule has 1 heterocycles. The highest BCUT2D eigenvalue weighted by Gasteiger charge is 2.36. The third-order valence-electron chi connectivity index (χ3n) is 4.09. The average molecular weight is 309 g/mol. The molecule has 0 saturated carbocycles. The maximum absolute atomic E-state index is 12.1. The van der Waals surface area contributed by atoms with Gasteiger partial charge in [-0.25, -0.2) is 0 Å². The third-order valence-corrected chi connectivity index (χ3v) is 4.09. The Kier molecular flexibility index (Phi) is 4.50. The van der Waals surface area contributed by atoms with E-state index in [1.165, 1.54) is 0 Å². The first-order valence-electron chi connectivity index (χ1n) is 7.85. The van der Waals surface area contributed by atoms with Crippen LogP contribution in [-0.4, -0.2) is 24.5 Å². The zero-order chi connectivity index (χ0) is 16.4. The highest BCUT2D eigenvalue weighted by molar-refractivity contribution is 6.61. The van der Waals surface area contributed by atoms with Crippen molar-refractivity contribution in [3.05, 3.63) is 59.7 Å². The molecule has 0 spiro atoms. The summed E-state index contributed by atoms with van der Waals surface area (Å²) < 4.78 is 5.60. The second kappa shape index (κ2) is 6.56. The fourth-order valence-electron chi connectivity index (χ4n) is 2.87. The lowest BCUT2D eigenvalue weighted by Crippen LogP contribution is -2.28. The van der Waals surface area contributed by atoms with Crippen LogP contribution in [0.4, 0.5) is 5.69 Å². The molecule has 0 fully saturated rings. The number of carbonyl (C=O) groups is 1. The predicted molar refractivity (Wildman–Crippen MR) is 92.0 cm³/mol. The van der Waals surface area contributed by atoms with Gasteiger partial charge in [-0.2, -0.15) is 0 Å². The van der Waals surface area contributed by atoms with Crippen LogP contribution in [0.2, 0.25) is 0 Å². The number of rotatable bonds is 5. The fourth-order valence-corrected chi connectivity index (χ4v) is 2.87. The van der Waals surface area contributed by atoms with Crippen LogP contribution < -0.4 is 10.8 Å². The number of ketones is 1. The van der Waals surface area contributed by atoms with Gasteiger partial charge in [0.25, 0.3) is 0 Å². The minimum Gasteiger partial charge on any atom is -0.423 e. The van der Waals surface area contributed by atoms with Crippen molar-refractivity contribution in [3.63, 3.8) is 0 Å². The third kappa shape index (κ3) is 3.31. The summed E-state index contributed by atoms with van der Waals surface area (Å²) in [7, 11) is -0.899. The molecule has 4 nitrogen and oxygen atoms in total. The Labute approximate surface area is 136 Å². The minimum atomic E-state index is -0.899. The summed E-state index contributed by atoms with van der Waals surface area (Å²) in [6.07, 6.45) is -0.0833. The second-order valence-electron chi connectivity index (χ2n) is 6.14. The topological polar surface area (TPSA) is 58.6 Å². The molecule has 1 unspecified atom stereocenters. The Balaban J connectivity index is 1.71. The van der Waals surface area contributed by atoms with Gasteiger partial charge in [-0.1, -0.05) is 50.2 Å². The monoisotopic (exact) mass is 309 g/mol. The van der Waals surface area contributed by atoms with Crippen LogP contribution in [0, 0.1) is 5.92 Å². The van der Waals surface area contributed by atoms with Crippen molar-refractivity contribution >= 4 is 24.1 Å². The Hall–Kier alpha value is -2.11. The van der Waals surface area contributed by atoms with Gasteiger partial charge in [-0.05, 0) is 29.1 Å². The number of benzene rings is 2. The van der Waals surface area contributed by atoms with Gasteiger partial charge in [0.1, 0.15) is 0 Å². The smallest absolute Gasteiger partial charge is 0.423 e. The summed E-state index contributed by atoms with van der Waals surface area (Å²) in [4.78, 5) is 12.1. The summed E-state index contributed by atoms with van der Waals surface area (Å²) in [5, 5.41) is 13.2. The van der Waals surface area contributed by atoms with E-state index < -0.39 is 7.12 Å². The molecule has 1 aliphatic rings. The van der Waals surface area contributed by atoms with E-state index in [0.717, 1.165) is 16.7 Å². The lowest BCUT2D eigenvalue weighted by Gasteiger charge is -2.16. The maximum Gasteiger partial charge on any atom is 0.492 e. The molecule has 5 heteroatoms. The molecule has 23 heavy (non-hydrogen) atoms. The van der Waals surface area contributed by atoms with Crippen LogP contribution in [0.1, 0.15) is 35.9 Å². The number of Topliss-reactive ketones (excluding diaryl/α,β-unsaturated/α-hetero) is 1. The normalized spacial score (nSPS) is 16.5. The van der Waals surface area contributed by atoms with Crippen molar-refractivity contribution in [1.29, 1.82) is 0 Å². The first-order chi connectivity index (χ1) is 11.1. The molecule has 0 aromatic heterocycles. The largest absolute Gasteiger partial charge is 0.492 e. The zero-order valence-electron chi connectivity index (χ0n) is 13.3.